The molecule has 120 valence electrons. The number of ether oxygens (including phenoxy) is 2. The highest BCUT2D eigenvalue weighted by molar-refractivity contribution is 5.85. The van der Waals surface area contributed by atoms with Crippen molar-refractivity contribution in [2.75, 3.05) is 20.2 Å². The number of alkyl carbamates (subject to hydrolysis) is 1. The van der Waals surface area contributed by atoms with Crippen LogP contribution in [0.2, 0.25) is 0 Å². The second-order valence-corrected chi connectivity index (χ2v) is 5.95. The van der Waals surface area contributed by atoms with E-state index in [9.17, 15) is 14.4 Å². The molecule has 0 aliphatic carbocycles. The minimum absolute atomic E-state index is 0.132. The van der Waals surface area contributed by atoms with Crippen LogP contribution in [-0.4, -0.2) is 54.7 Å². The quantitative estimate of drug-likeness (QED) is 0.785. The number of carbonyl (C=O) groups is 3. The Morgan fingerprint density at radius 1 is 1.29 bits per heavy atom. The van der Waals surface area contributed by atoms with Crippen molar-refractivity contribution in [1.82, 2.24) is 10.2 Å². The van der Waals surface area contributed by atoms with E-state index in [1.54, 1.807) is 20.8 Å². The first-order valence-corrected chi connectivity index (χ1v) is 7.09. The van der Waals surface area contributed by atoms with E-state index in [0.29, 0.717) is 13.0 Å². The van der Waals surface area contributed by atoms with E-state index in [2.05, 4.69) is 10.1 Å². The molecule has 1 N–H and O–H groups in total. The van der Waals surface area contributed by atoms with Crippen molar-refractivity contribution in [3.63, 3.8) is 0 Å². The van der Waals surface area contributed by atoms with Crippen molar-refractivity contribution in [2.45, 2.75) is 51.7 Å². The number of amides is 2. The van der Waals surface area contributed by atoms with Gasteiger partial charge in [0.1, 0.15) is 11.6 Å². The van der Waals surface area contributed by atoms with Crippen LogP contribution in [0, 0.1) is 0 Å². The minimum Gasteiger partial charge on any atom is -0.467 e. The lowest BCUT2D eigenvalue weighted by Crippen LogP contribution is -2.42. The van der Waals surface area contributed by atoms with Crippen LogP contribution in [0.25, 0.3) is 0 Å². The average molecular weight is 300 g/mol. The summed E-state index contributed by atoms with van der Waals surface area (Å²) < 4.78 is 9.76. The molecule has 7 nitrogen and oxygen atoms in total. The molecular weight excluding hydrogens is 276 g/mol. The van der Waals surface area contributed by atoms with Gasteiger partial charge in [0.15, 0.2) is 0 Å². The first-order chi connectivity index (χ1) is 9.74. The second-order valence-electron chi connectivity index (χ2n) is 5.95. The van der Waals surface area contributed by atoms with Gasteiger partial charge in [0, 0.05) is 19.5 Å². The molecule has 7 heteroatoms. The Morgan fingerprint density at radius 3 is 2.52 bits per heavy atom. The van der Waals surface area contributed by atoms with Crippen molar-refractivity contribution in [2.24, 2.45) is 0 Å². The highest BCUT2D eigenvalue weighted by Gasteiger charge is 2.34. The summed E-state index contributed by atoms with van der Waals surface area (Å²) >= 11 is 0. The lowest BCUT2D eigenvalue weighted by molar-refractivity contribution is -0.150. The van der Waals surface area contributed by atoms with E-state index in [1.165, 1.54) is 12.0 Å². The van der Waals surface area contributed by atoms with E-state index >= 15 is 0 Å². The maximum absolute atomic E-state index is 12.1. The predicted molar refractivity (Wildman–Crippen MR) is 75.6 cm³/mol. The zero-order chi connectivity index (χ0) is 16.0. The van der Waals surface area contributed by atoms with Crippen LogP contribution in [0.4, 0.5) is 4.79 Å². The van der Waals surface area contributed by atoms with Crippen molar-refractivity contribution in [3.05, 3.63) is 0 Å². The van der Waals surface area contributed by atoms with Crippen LogP contribution in [-0.2, 0) is 19.1 Å². The van der Waals surface area contributed by atoms with Gasteiger partial charge in [-0.2, -0.15) is 0 Å². The standard InChI is InChI=1S/C14H24N2O5/c1-14(2,3)21-13(19)15-8-7-11(17)16-9-5-6-10(16)12(18)20-4/h10H,5-9H2,1-4H3,(H,15,19)/t10-/m1/s1. The zero-order valence-electron chi connectivity index (χ0n) is 13.1. The molecule has 1 atom stereocenters. The van der Waals surface area contributed by atoms with Gasteiger partial charge in [0.05, 0.1) is 7.11 Å². The number of nitrogens with one attached hydrogen (secondary N) is 1. The number of nitrogens with zero attached hydrogens (tertiary/aromatic N) is 1. The van der Waals surface area contributed by atoms with E-state index in [1.807, 2.05) is 0 Å². The Kier molecular flexibility index (Phi) is 5.99. The van der Waals surface area contributed by atoms with Gasteiger partial charge < -0.3 is 19.7 Å². The highest BCUT2D eigenvalue weighted by Crippen LogP contribution is 2.19. The number of methoxy groups -OCH3 is 1. The number of esters is 1. The van der Waals surface area contributed by atoms with Crippen LogP contribution in [0.1, 0.15) is 40.0 Å². The summed E-state index contributed by atoms with van der Waals surface area (Å²) in [6.45, 7) is 6.03. The number of rotatable bonds is 4. The van der Waals surface area contributed by atoms with Crippen LogP contribution in [0.3, 0.4) is 0 Å². The van der Waals surface area contributed by atoms with Crippen LogP contribution >= 0.6 is 0 Å². The van der Waals surface area contributed by atoms with Crippen molar-refractivity contribution in [3.8, 4) is 0 Å². The van der Waals surface area contributed by atoms with Crippen LogP contribution < -0.4 is 5.32 Å². The van der Waals surface area contributed by atoms with E-state index < -0.39 is 17.7 Å². The first-order valence-electron chi connectivity index (χ1n) is 7.09. The molecule has 0 aromatic rings. The fraction of sp³-hybridized carbons (Fsp3) is 0.786. The number of likely N-dealkylation sites (tertiary alicyclic amines) is 1. The third-order valence-corrected chi connectivity index (χ3v) is 3.05. The highest BCUT2D eigenvalue weighted by atomic mass is 16.6. The monoisotopic (exact) mass is 300 g/mol. The summed E-state index contributed by atoms with van der Waals surface area (Å²) in [7, 11) is 1.31. The molecule has 1 aliphatic rings. The second kappa shape index (κ2) is 7.28. The average Bonchev–Trinajstić information content (AvgIpc) is 2.84. The SMILES string of the molecule is COC(=O)[C@H]1CCCN1C(=O)CCNC(=O)OC(C)(C)C. The molecule has 0 unspecified atom stereocenters. The van der Waals surface area contributed by atoms with E-state index in [4.69, 9.17) is 4.74 Å². The van der Waals surface area contributed by atoms with E-state index in [0.717, 1.165) is 6.42 Å². The number of carbonyl (C=O) groups excluding carboxylic acids is 3. The summed E-state index contributed by atoms with van der Waals surface area (Å²) in [6, 6.07) is -0.496. The minimum atomic E-state index is -0.570. The predicted octanol–water partition coefficient (Wildman–Crippen LogP) is 1.07. The van der Waals surface area contributed by atoms with Gasteiger partial charge in [-0.1, -0.05) is 0 Å². The largest absolute Gasteiger partial charge is 0.467 e. The molecule has 0 radical (unpaired) electrons. The topological polar surface area (TPSA) is 84.9 Å². The number of hydrogen-bond donors (Lipinski definition) is 1. The summed E-state index contributed by atoms with van der Waals surface area (Å²) in [5.41, 5.74) is -0.570. The van der Waals surface area contributed by atoms with Gasteiger partial charge >= 0.3 is 12.1 Å². The summed E-state index contributed by atoms with van der Waals surface area (Å²) in [5, 5.41) is 2.53. The maximum atomic E-state index is 12.1. The Balaban J connectivity index is 2.37. The fourth-order valence-corrected chi connectivity index (χ4v) is 2.18. The molecule has 2 amide bonds. The third-order valence-electron chi connectivity index (χ3n) is 3.05. The van der Waals surface area contributed by atoms with Gasteiger partial charge in [-0.15, -0.1) is 0 Å². The zero-order valence-corrected chi connectivity index (χ0v) is 13.1. The smallest absolute Gasteiger partial charge is 0.407 e. The Labute approximate surface area is 124 Å². The Bertz CT molecular complexity index is 403. The van der Waals surface area contributed by atoms with Crippen LogP contribution in [0.15, 0.2) is 0 Å². The fourth-order valence-electron chi connectivity index (χ4n) is 2.18. The molecule has 0 aromatic carbocycles. The molecule has 1 saturated heterocycles. The summed E-state index contributed by atoms with van der Waals surface area (Å²) in [6.07, 6.45) is 0.983. The normalized spacial score (nSPS) is 18.3. The molecular formula is C14H24N2O5. The van der Waals surface area contributed by atoms with Gasteiger partial charge in [-0.05, 0) is 33.6 Å². The van der Waals surface area contributed by atoms with Gasteiger partial charge in [0.25, 0.3) is 0 Å². The molecule has 1 rings (SSSR count). The summed E-state index contributed by atoms with van der Waals surface area (Å²) in [4.78, 5) is 36.6. The molecule has 0 spiro atoms. The molecule has 0 aromatic heterocycles. The van der Waals surface area contributed by atoms with Crippen LogP contribution in [0.5, 0.6) is 0 Å². The maximum Gasteiger partial charge on any atom is 0.407 e. The Morgan fingerprint density at radius 2 is 1.95 bits per heavy atom. The number of hydrogen-bond acceptors (Lipinski definition) is 5. The first kappa shape index (κ1) is 17.3. The molecule has 1 heterocycles. The van der Waals surface area contributed by atoms with Crippen molar-refractivity contribution >= 4 is 18.0 Å². The molecule has 1 fully saturated rings. The van der Waals surface area contributed by atoms with E-state index in [-0.39, 0.29) is 24.8 Å². The molecule has 0 bridgehead atoms. The van der Waals surface area contributed by atoms with Gasteiger partial charge in [0.2, 0.25) is 5.91 Å². The summed E-state index contributed by atoms with van der Waals surface area (Å²) in [5.74, 6) is -0.556. The third kappa shape index (κ3) is 5.61. The lowest BCUT2D eigenvalue weighted by atomic mass is 10.2. The lowest BCUT2D eigenvalue weighted by Gasteiger charge is -2.23. The van der Waals surface area contributed by atoms with Crippen molar-refractivity contribution in [1.29, 1.82) is 0 Å². The molecule has 21 heavy (non-hydrogen) atoms. The molecule has 0 saturated carbocycles. The molecule has 1 aliphatic heterocycles. The van der Waals surface area contributed by atoms with Gasteiger partial charge in [-0.25, -0.2) is 9.59 Å². The van der Waals surface area contributed by atoms with Crippen molar-refractivity contribution < 1.29 is 23.9 Å². The Hall–Kier alpha value is -1.79. The van der Waals surface area contributed by atoms with Gasteiger partial charge in [-0.3, -0.25) is 4.79 Å².